The van der Waals surface area contributed by atoms with Gasteiger partial charge in [0.15, 0.2) is 5.03 Å². The zero-order chi connectivity index (χ0) is 18.0. The van der Waals surface area contributed by atoms with Gasteiger partial charge < -0.3 is 22.5 Å². The van der Waals surface area contributed by atoms with E-state index in [9.17, 15) is 19.7 Å². The van der Waals surface area contributed by atoms with Crippen molar-refractivity contribution in [3.63, 3.8) is 0 Å². The van der Waals surface area contributed by atoms with Crippen LogP contribution in [0.1, 0.15) is 33.1 Å². The highest BCUT2D eigenvalue weighted by Gasteiger charge is 2.22. The van der Waals surface area contributed by atoms with E-state index in [0.29, 0.717) is 12.8 Å². The minimum atomic E-state index is -0.830. The molecule has 8 N–H and O–H groups in total. The Morgan fingerprint density at radius 2 is 1.91 bits per heavy atom. The van der Waals surface area contributed by atoms with Crippen LogP contribution in [0.3, 0.4) is 0 Å². The molecule has 0 aliphatic rings. The summed E-state index contributed by atoms with van der Waals surface area (Å²) in [5.41, 5.74) is 17.9. The van der Waals surface area contributed by atoms with Gasteiger partial charge in [0.2, 0.25) is 11.8 Å². The Kier molecular flexibility index (Phi) is 9.23. The Morgan fingerprint density at radius 3 is 2.39 bits per heavy atom. The van der Waals surface area contributed by atoms with Crippen LogP contribution in [-0.4, -0.2) is 41.4 Å². The van der Waals surface area contributed by atoms with Gasteiger partial charge in [-0.25, -0.2) is 15.1 Å². The lowest BCUT2D eigenvalue weighted by molar-refractivity contribution is -0.525. The van der Waals surface area contributed by atoms with E-state index in [-0.39, 0.29) is 24.8 Å². The number of nitrogens with two attached hydrogens (primary N) is 3. The number of hydrogen-bond donors (Lipinski definition) is 5. The van der Waals surface area contributed by atoms with Crippen molar-refractivity contribution < 1.29 is 14.6 Å². The molecule has 0 rings (SSSR count). The third-order valence-electron chi connectivity index (χ3n) is 2.87. The molecule has 23 heavy (non-hydrogen) atoms. The molecule has 132 valence electrons. The van der Waals surface area contributed by atoms with Crippen LogP contribution in [0.2, 0.25) is 0 Å². The molecule has 2 atom stereocenters. The van der Waals surface area contributed by atoms with Crippen molar-refractivity contribution in [2.24, 2.45) is 28.1 Å². The number of primary amides is 1. The molecule has 0 aliphatic heterocycles. The zero-order valence-electron chi connectivity index (χ0n) is 13.3. The lowest BCUT2D eigenvalue weighted by atomic mass is 10.0. The topological polar surface area (TPSA) is 192 Å². The molecule has 0 fully saturated rings. The van der Waals surface area contributed by atoms with Gasteiger partial charge in [-0.1, -0.05) is 19.3 Å². The summed E-state index contributed by atoms with van der Waals surface area (Å²) in [7, 11) is 0. The Balaban J connectivity index is 4.24. The lowest BCUT2D eigenvalue weighted by Crippen LogP contribution is -2.50. The molecule has 2 amide bonds. The Morgan fingerprint density at radius 1 is 1.30 bits per heavy atom. The summed E-state index contributed by atoms with van der Waals surface area (Å²) in [5, 5.41) is 11.8. The molecule has 0 bridgehead atoms. The van der Waals surface area contributed by atoms with Gasteiger partial charge in [-0.2, -0.15) is 0 Å². The Hall–Kier alpha value is -2.43. The first kappa shape index (κ1) is 20.6. The molecule has 0 saturated carbocycles. The number of aliphatic imine (C=N–C) groups is 1. The predicted octanol–water partition coefficient (Wildman–Crippen LogP) is -1.79. The third-order valence-corrected chi connectivity index (χ3v) is 2.87. The number of carbonyl (C=O) groups excluding carboxylic acids is 2. The van der Waals surface area contributed by atoms with Gasteiger partial charge in [-0.3, -0.25) is 9.59 Å². The van der Waals surface area contributed by atoms with Crippen LogP contribution in [0.5, 0.6) is 0 Å². The Bertz CT molecular complexity index is 453. The second-order valence-corrected chi connectivity index (χ2v) is 5.48. The van der Waals surface area contributed by atoms with Crippen molar-refractivity contribution in [3.8, 4) is 0 Å². The molecule has 0 radical (unpaired) electrons. The number of nitro groups is 1. The van der Waals surface area contributed by atoms with E-state index in [1.54, 1.807) is 5.43 Å². The molecule has 0 heterocycles. The van der Waals surface area contributed by atoms with Crippen molar-refractivity contribution in [1.29, 1.82) is 0 Å². The highest BCUT2D eigenvalue weighted by atomic mass is 16.7. The van der Waals surface area contributed by atoms with E-state index in [1.165, 1.54) is 0 Å². The minimum absolute atomic E-state index is 0.179. The fourth-order valence-corrected chi connectivity index (χ4v) is 1.77. The molecule has 0 spiro atoms. The summed E-state index contributed by atoms with van der Waals surface area (Å²) in [5.74, 6) is -1.22. The summed E-state index contributed by atoms with van der Waals surface area (Å²) in [6, 6.07) is -1.59. The maximum absolute atomic E-state index is 11.9. The fourth-order valence-electron chi connectivity index (χ4n) is 1.77. The number of nitrogens with one attached hydrogen (secondary N) is 2. The molecular weight excluding hydrogens is 306 g/mol. The van der Waals surface area contributed by atoms with Crippen LogP contribution in [0.25, 0.3) is 0 Å². The molecule has 0 aromatic heterocycles. The highest BCUT2D eigenvalue weighted by Crippen LogP contribution is 2.05. The smallest absolute Gasteiger partial charge is 0.251 e. The quantitative estimate of drug-likeness (QED) is 0.102. The first-order valence-electron chi connectivity index (χ1n) is 7.19. The number of hydrazine groups is 1. The van der Waals surface area contributed by atoms with E-state index < -0.39 is 28.9 Å². The molecule has 0 aromatic carbocycles. The largest absolute Gasteiger partial charge is 0.368 e. The van der Waals surface area contributed by atoms with Crippen molar-refractivity contribution in [3.05, 3.63) is 10.1 Å². The SMILES string of the molecule is CC(C)C[C@H](NC(=O)[C@@H](N)CCCN=C(N)N[N+](=O)[O-])C(N)=O. The number of carbonyl (C=O) groups is 2. The summed E-state index contributed by atoms with van der Waals surface area (Å²) < 4.78 is 0. The van der Waals surface area contributed by atoms with Gasteiger partial charge in [0, 0.05) is 6.54 Å². The summed E-state index contributed by atoms with van der Waals surface area (Å²) >= 11 is 0. The van der Waals surface area contributed by atoms with Gasteiger partial charge in [0.1, 0.15) is 6.04 Å². The summed E-state index contributed by atoms with van der Waals surface area (Å²) in [4.78, 5) is 37.0. The van der Waals surface area contributed by atoms with Gasteiger partial charge >= 0.3 is 0 Å². The van der Waals surface area contributed by atoms with Crippen molar-refractivity contribution in [2.45, 2.75) is 45.2 Å². The molecular formula is C12H25N7O4. The lowest BCUT2D eigenvalue weighted by Gasteiger charge is -2.19. The Labute approximate surface area is 134 Å². The number of hydrogen-bond acceptors (Lipinski definition) is 6. The average molecular weight is 331 g/mol. The standard InChI is InChI=1S/C12H25N7O4/c1-7(2)6-9(10(14)20)17-11(21)8(13)4-3-5-16-12(15)18-19(22)23/h7-9H,3-6,13H2,1-2H3,(H2,14,20)(H,17,21)(H3,15,16,18)/t8-,9-/m0/s1. The van der Waals surface area contributed by atoms with Gasteiger partial charge in [0.25, 0.3) is 5.96 Å². The first-order chi connectivity index (χ1) is 10.6. The van der Waals surface area contributed by atoms with Gasteiger partial charge in [-0.15, -0.1) is 0 Å². The van der Waals surface area contributed by atoms with Crippen LogP contribution in [0, 0.1) is 16.0 Å². The number of guanidine groups is 1. The maximum atomic E-state index is 11.9. The van der Waals surface area contributed by atoms with E-state index >= 15 is 0 Å². The summed E-state index contributed by atoms with van der Waals surface area (Å²) in [6.07, 6.45) is 1.12. The number of rotatable bonds is 10. The number of nitrogens with zero attached hydrogens (tertiary/aromatic N) is 2. The van der Waals surface area contributed by atoms with Crippen LogP contribution < -0.4 is 27.9 Å². The maximum Gasteiger partial charge on any atom is 0.251 e. The van der Waals surface area contributed by atoms with E-state index in [1.807, 2.05) is 13.8 Å². The first-order valence-corrected chi connectivity index (χ1v) is 7.19. The molecule has 0 saturated heterocycles. The fraction of sp³-hybridized carbons (Fsp3) is 0.750. The highest BCUT2D eigenvalue weighted by molar-refractivity contribution is 5.88. The monoisotopic (exact) mass is 331 g/mol. The van der Waals surface area contributed by atoms with E-state index in [2.05, 4.69) is 10.3 Å². The average Bonchev–Trinajstić information content (AvgIpc) is 2.41. The zero-order valence-corrected chi connectivity index (χ0v) is 13.3. The molecule has 11 nitrogen and oxygen atoms in total. The van der Waals surface area contributed by atoms with E-state index in [4.69, 9.17) is 17.2 Å². The molecule has 0 aliphatic carbocycles. The minimum Gasteiger partial charge on any atom is -0.368 e. The second kappa shape index (κ2) is 10.3. The van der Waals surface area contributed by atoms with Crippen LogP contribution in [0.15, 0.2) is 4.99 Å². The predicted molar refractivity (Wildman–Crippen MR) is 84.4 cm³/mol. The van der Waals surface area contributed by atoms with E-state index in [0.717, 1.165) is 0 Å². The van der Waals surface area contributed by atoms with Crippen LogP contribution in [-0.2, 0) is 9.59 Å². The van der Waals surface area contributed by atoms with Gasteiger partial charge in [0.05, 0.1) is 6.04 Å². The van der Waals surface area contributed by atoms with Gasteiger partial charge in [-0.05, 0) is 25.2 Å². The van der Waals surface area contributed by atoms with Crippen LogP contribution in [0.4, 0.5) is 0 Å². The van der Waals surface area contributed by atoms with Crippen molar-refractivity contribution >= 4 is 17.8 Å². The van der Waals surface area contributed by atoms with Crippen molar-refractivity contribution in [1.82, 2.24) is 10.7 Å². The normalized spacial score (nSPS) is 14.2. The molecule has 11 heteroatoms. The second-order valence-electron chi connectivity index (χ2n) is 5.48. The molecule has 0 aromatic rings. The third kappa shape index (κ3) is 10.0. The van der Waals surface area contributed by atoms with Crippen molar-refractivity contribution in [2.75, 3.05) is 6.54 Å². The molecule has 0 unspecified atom stereocenters. The summed E-state index contributed by atoms with van der Waals surface area (Å²) in [6.45, 7) is 3.99. The number of amides is 2. The van der Waals surface area contributed by atoms with Crippen LogP contribution >= 0.6 is 0 Å².